The largest absolute Gasteiger partial charge is 0.399 e. The number of nitrogen functional groups attached to an aromatic ring is 1. The van der Waals surface area contributed by atoms with Crippen LogP contribution in [0.5, 0.6) is 0 Å². The molecule has 0 aliphatic heterocycles. The van der Waals surface area contributed by atoms with Gasteiger partial charge in [0.15, 0.2) is 0 Å². The molecule has 17 heavy (non-hydrogen) atoms. The molecule has 0 bridgehead atoms. The lowest BCUT2D eigenvalue weighted by Gasteiger charge is -2.28. The van der Waals surface area contributed by atoms with Gasteiger partial charge < -0.3 is 5.73 Å². The number of hydrogen-bond donors (Lipinski definition) is 1. The SMILES string of the molecule is CC(C)CN(Cc1cc(N)cc(Cl)c1)C(C)C. The quantitative estimate of drug-likeness (QED) is 0.810. The molecule has 0 radical (unpaired) electrons. The fourth-order valence-electron chi connectivity index (χ4n) is 1.93. The summed E-state index contributed by atoms with van der Waals surface area (Å²) in [6.07, 6.45) is 0. The maximum Gasteiger partial charge on any atom is 0.0429 e. The van der Waals surface area contributed by atoms with E-state index in [0.717, 1.165) is 18.8 Å². The van der Waals surface area contributed by atoms with Gasteiger partial charge in [-0.05, 0) is 43.5 Å². The summed E-state index contributed by atoms with van der Waals surface area (Å²) in [5.41, 5.74) is 7.73. The van der Waals surface area contributed by atoms with Crippen molar-refractivity contribution in [2.24, 2.45) is 5.92 Å². The highest BCUT2D eigenvalue weighted by molar-refractivity contribution is 6.30. The van der Waals surface area contributed by atoms with Gasteiger partial charge in [-0.3, -0.25) is 4.90 Å². The van der Waals surface area contributed by atoms with Gasteiger partial charge in [-0.1, -0.05) is 25.4 Å². The van der Waals surface area contributed by atoms with Crippen LogP contribution in [0.15, 0.2) is 18.2 Å². The Bertz CT molecular complexity index is 341. The summed E-state index contributed by atoms with van der Waals surface area (Å²) < 4.78 is 0. The summed E-state index contributed by atoms with van der Waals surface area (Å²) in [5, 5.41) is 0.716. The van der Waals surface area contributed by atoms with Crippen LogP contribution in [0.3, 0.4) is 0 Å². The first-order valence-electron chi connectivity index (χ1n) is 6.17. The van der Waals surface area contributed by atoms with Gasteiger partial charge in [0.25, 0.3) is 0 Å². The summed E-state index contributed by atoms with van der Waals surface area (Å²) in [4.78, 5) is 2.44. The number of nitrogens with zero attached hydrogens (tertiary/aromatic N) is 1. The van der Waals surface area contributed by atoms with Gasteiger partial charge >= 0.3 is 0 Å². The molecule has 1 aromatic rings. The van der Waals surface area contributed by atoms with Gasteiger partial charge in [0.1, 0.15) is 0 Å². The topological polar surface area (TPSA) is 29.3 Å². The van der Waals surface area contributed by atoms with Crippen molar-refractivity contribution in [3.05, 3.63) is 28.8 Å². The van der Waals surface area contributed by atoms with E-state index in [1.165, 1.54) is 5.56 Å². The van der Waals surface area contributed by atoms with Gasteiger partial charge in [-0.15, -0.1) is 0 Å². The predicted molar refractivity (Wildman–Crippen MR) is 76.2 cm³/mol. The van der Waals surface area contributed by atoms with E-state index in [4.69, 9.17) is 17.3 Å². The second kappa shape index (κ2) is 6.27. The summed E-state index contributed by atoms with van der Waals surface area (Å²) in [7, 11) is 0. The molecule has 96 valence electrons. The molecule has 0 aromatic heterocycles. The van der Waals surface area contributed by atoms with Crippen molar-refractivity contribution in [3.8, 4) is 0 Å². The second-order valence-electron chi connectivity index (χ2n) is 5.31. The molecule has 2 N–H and O–H groups in total. The second-order valence-corrected chi connectivity index (χ2v) is 5.75. The van der Waals surface area contributed by atoms with Crippen LogP contribution in [-0.4, -0.2) is 17.5 Å². The number of halogens is 1. The molecule has 1 rings (SSSR count). The highest BCUT2D eigenvalue weighted by atomic mass is 35.5. The molecule has 0 spiro atoms. The van der Waals surface area contributed by atoms with Gasteiger partial charge in [0, 0.05) is 29.8 Å². The molecule has 0 saturated carbocycles. The van der Waals surface area contributed by atoms with Crippen LogP contribution in [-0.2, 0) is 6.54 Å². The van der Waals surface area contributed by atoms with Crippen LogP contribution in [0, 0.1) is 5.92 Å². The monoisotopic (exact) mass is 254 g/mol. The van der Waals surface area contributed by atoms with Crippen molar-refractivity contribution in [2.75, 3.05) is 12.3 Å². The number of rotatable bonds is 5. The minimum absolute atomic E-state index is 0.526. The van der Waals surface area contributed by atoms with Crippen molar-refractivity contribution >= 4 is 17.3 Å². The molecule has 0 heterocycles. The molecule has 0 amide bonds. The summed E-state index contributed by atoms with van der Waals surface area (Å²) in [6.45, 7) is 10.9. The Labute approximate surface area is 110 Å². The number of benzene rings is 1. The van der Waals surface area contributed by atoms with Crippen LogP contribution in [0.2, 0.25) is 5.02 Å². The minimum Gasteiger partial charge on any atom is -0.399 e. The molecular formula is C14H23ClN2. The van der Waals surface area contributed by atoms with Gasteiger partial charge in [-0.25, -0.2) is 0 Å². The molecule has 0 fully saturated rings. The van der Waals surface area contributed by atoms with E-state index in [9.17, 15) is 0 Å². The first-order valence-corrected chi connectivity index (χ1v) is 6.55. The fourth-order valence-corrected chi connectivity index (χ4v) is 2.19. The van der Waals surface area contributed by atoms with Crippen LogP contribution in [0.4, 0.5) is 5.69 Å². The molecule has 2 nitrogen and oxygen atoms in total. The van der Waals surface area contributed by atoms with Gasteiger partial charge in [0.05, 0.1) is 0 Å². The third kappa shape index (κ3) is 4.97. The lowest BCUT2D eigenvalue weighted by Crippen LogP contribution is -2.33. The first-order chi connectivity index (χ1) is 7.88. The van der Waals surface area contributed by atoms with E-state index >= 15 is 0 Å². The molecule has 0 aliphatic rings. The average molecular weight is 255 g/mol. The molecule has 1 aromatic carbocycles. The smallest absolute Gasteiger partial charge is 0.0429 e. The third-order valence-electron chi connectivity index (χ3n) is 2.70. The van der Waals surface area contributed by atoms with E-state index in [1.54, 1.807) is 6.07 Å². The minimum atomic E-state index is 0.526. The number of anilines is 1. The highest BCUT2D eigenvalue weighted by Gasteiger charge is 2.12. The zero-order valence-corrected chi connectivity index (χ0v) is 12.0. The van der Waals surface area contributed by atoms with Gasteiger partial charge in [-0.2, -0.15) is 0 Å². The van der Waals surface area contributed by atoms with Crippen molar-refractivity contribution in [3.63, 3.8) is 0 Å². The average Bonchev–Trinajstić information content (AvgIpc) is 2.13. The maximum atomic E-state index is 6.02. The Morgan fingerprint density at radius 3 is 2.29 bits per heavy atom. The Hall–Kier alpha value is -0.730. The fraction of sp³-hybridized carbons (Fsp3) is 0.571. The van der Waals surface area contributed by atoms with Crippen LogP contribution in [0.25, 0.3) is 0 Å². The Kier molecular flexibility index (Phi) is 5.29. The van der Waals surface area contributed by atoms with Crippen LogP contribution >= 0.6 is 11.6 Å². The van der Waals surface area contributed by atoms with Crippen molar-refractivity contribution in [1.82, 2.24) is 4.90 Å². The molecule has 0 unspecified atom stereocenters. The van der Waals surface area contributed by atoms with Crippen LogP contribution < -0.4 is 5.73 Å². The maximum absolute atomic E-state index is 6.02. The van der Waals surface area contributed by atoms with E-state index in [0.29, 0.717) is 17.0 Å². The Morgan fingerprint density at radius 1 is 1.18 bits per heavy atom. The van der Waals surface area contributed by atoms with E-state index < -0.39 is 0 Å². The summed E-state index contributed by atoms with van der Waals surface area (Å²) >= 11 is 6.02. The van der Waals surface area contributed by atoms with E-state index in [1.807, 2.05) is 12.1 Å². The molecule has 3 heteroatoms. The molecule has 0 aliphatic carbocycles. The van der Waals surface area contributed by atoms with E-state index in [2.05, 4.69) is 32.6 Å². The molecule has 0 atom stereocenters. The van der Waals surface area contributed by atoms with Crippen LogP contribution in [0.1, 0.15) is 33.3 Å². The summed E-state index contributed by atoms with van der Waals surface area (Å²) in [6, 6.07) is 6.31. The number of nitrogens with two attached hydrogens (primary N) is 1. The summed E-state index contributed by atoms with van der Waals surface area (Å²) in [5.74, 6) is 0.661. The lowest BCUT2D eigenvalue weighted by atomic mass is 10.1. The van der Waals surface area contributed by atoms with Crippen molar-refractivity contribution in [1.29, 1.82) is 0 Å². The highest BCUT2D eigenvalue weighted by Crippen LogP contribution is 2.19. The normalized spacial score (nSPS) is 11.8. The molecule has 0 saturated heterocycles. The van der Waals surface area contributed by atoms with Gasteiger partial charge in [0.2, 0.25) is 0 Å². The number of hydrogen-bond acceptors (Lipinski definition) is 2. The zero-order chi connectivity index (χ0) is 13.0. The molecular weight excluding hydrogens is 232 g/mol. The zero-order valence-electron chi connectivity index (χ0n) is 11.2. The van der Waals surface area contributed by atoms with Crippen molar-refractivity contribution < 1.29 is 0 Å². The van der Waals surface area contributed by atoms with E-state index in [-0.39, 0.29) is 0 Å². The Morgan fingerprint density at radius 2 is 1.82 bits per heavy atom. The predicted octanol–water partition coefficient (Wildman–Crippen LogP) is 3.79. The standard InChI is InChI=1S/C14H23ClN2/c1-10(2)8-17(11(3)4)9-12-5-13(15)7-14(16)6-12/h5-7,10-11H,8-9,16H2,1-4H3. The first kappa shape index (κ1) is 14.3. The lowest BCUT2D eigenvalue weighted by molar-refractivity contribution is 0.189. The Balaban J connectivity index is 2.78. The van der Waals surface area contributed by atoms with Crippen molar-refractivity contribution in [2.45, 2.75) is 40.3 Å². The third-order valence-corrected chi connectivity index (χ3v) is 2.91.